The van der Waals surface area contributed by atoms with Crippen LogP contribution in [-0.4, -0.2) is 93.4 Å². The van der Waals surface area contributed by atoms with E-state index in [-0.39, 0.29) is 30.9 Å². The van der Waals surface area contributed by atoms with E-state index in [1.54, 1.807) is 13.8 Å². The fourth-order valence-corrected chi connectivity index (χ4v) is 5.35. The first-order valence-corrected chi connectivity index (χ1v) is 14.5. The number of fused-ring (bicyclic) bond motifs is 1. The predicted octanol–water partition coefficient (Wildman–Crippen LogP) is 0.0127. The average molecular weight is 599 g/mol. The van der Waals surface area contributed by atoms with Crippen LogP contribution in [0, 0.1) is 12.3 Å². The minimum atomic E-state index is -4.17. The number of hydrogen-bond acceptors (Lipinski definition) is 13. The van der Waals surface area contributed by atoms with Crippen LogP contribution in [0.4, 0.5) is 16.2 Å². The third-order valence-electron chi connectivity index (χ3n) is 6.17. The molecule has 16 nitrogen and oxygen atoms in total. The van der Waals surface area contributed by atoms with E-state index in [1.165, 1.54) is 10.9 Å². The third kappa shape index (κ3) is 6.92. The molecular weight excluding hydrogens is 566 g/mol. The highest BCUT2D eigenvalue weighted by molar-refractivity contribution is 7.54. The lowest BCUT2D eigenvalue weighted by Gasteiger charge is -2.24. The second-order valence-electron chi connectivity index (χ2n) is 9.18. The maximum atomic E-state index is 16.1. The Morgan fingerprint density at radius 2 is 1.90 bits per heavy atom. The number of alkyl halides is 1. The molecule has 0 spiro atoms. The molecule has 1 saturated carbocycles. The zero-order chi connectivity index (χ0) is 29.8. The van der Waals surface area contributed by atoms with Gasteiger partial charge in [0.05, 0.1) is 26.1 Å². The molecule has 2 aromatic heterocycles. The van der Waals surface area contributed by atoms with Crippen LogP contribution < -0.4 is 21.2 Å². The zero-order valence-electron chi connectivity index (χ0n) is 22.4. The van der Waals surface area contributed by atoms with Crippen LogP contribution in [0.2, 0.25) is 0 Å². The summed E-state index contributed by atoms with van der Waals surface area (Å²) in [5.41, 5.74) is 3.47. The van der Waals surface area contributed by atoms with Crippen molar-refractivity contribution >= 4 is 42.5 Å². The summed E-state index contributed by atoms with van der Waals surface area (Å²) < 4.78 is 51.5. The summed E-state index contributed by atoms with van der Waals surface area (Å²) in [5, 5.41) is 18.8. The van der Waals surface area contributed by atoms with Crippen molar-refractivity contribution in [3.05, 3.63) is 6.33 Å². The second-order valence-corrected chi connectivity index (χ2v) is 11.2. The van der Waals surface area contributed by atoms with Crippen molar-refractivity contribution in [2.45, 2.75) is 56.8 Å². The van der Waals surface area contributed by atoms with E-state index in [0.717, 1.165) is 12.8 Å². The topological polar surface area (TPSA) is 214 Å². The molecule has 0 radical (unpaired) electrons. The minimum absolute atomic E-state index is 0.0771. The second kappa shape index (κ2) is 12.6. The molecule has 1 saturated heterocycles. The lowest BCUT2D eigenvalue weighted by Crippen LogP contribution is -2.42. The lowest BCUT2D eigenvalue weighted by atomic mass is 9.97. The Balaban J connectivity index is 1.54. The summed E-state index contributed by atoms with van der Waals surface area (Å²) in [6, 6.07) is 0.209. The number of aromatic nitrogens is 4. The number of carbonyl (C=O) groups is 2. The number of hydrogen-bond donors (Lipinski definition) is 5. The molecule has 1 aliphatic heterocycles. The maximum absolute atomic E-state index is 16.1. The van der Waals surface area contributed by atoms with Gasteiger partial charge in [-0.25, -0.2) is 19.5 Å². The summed E-state index contributed by atoms with van der Waals surface area (Å²) in [6.45, 7) is 1.56. The molecule has 41 heavy (non-hydrogen) atoms. The van der Waals surface area contributed by atoms with Crippen LogP contribution in [-0.2, 0) is 32.9 Å². The number of halogens is 1. The number of esters is 2. The molecule has 0 bridgehead atoms. The quantitative estimate of drug-likeness (QED) is 0.110. The van der Waals surface area contributed by atoms with E-state index < -0.39 is 63.4 Å². The lowest BCUT2D eigenvalue weighted by molar-refractivity contribution is -0.142. The molecule has 6 N–H and O–H groups in total. The van der Waals surface area contributed by atoms with Crippen LogP contribution >= 0.6 is 7.67 Å². The standard InChI is InChI=1S/C23H32FN8O8P/c1-4-23(24)18(35)14(11-39-41(36,27-9-15(33)37-5-2)28-10-16(34)38-6-3)40-21(23)32-12-26-17-19(29-13-7-8-13)30-22(25)31-20(17)32/h1,12-14,18,21,35H,5-11H2,2-3H3,(H2,27,28,36)(H3,25,29,30,31). The number of aliphatic hydroxyl groups excluding tert-OH is 1. The number of nitrogen functional groups attached to an aromatic ring is 1. The largest absolute Gasteiger partial charge is 0.465 e. The molecule has 4 rings (SSSR count). The number of ether oxygens (including phenoxy) is 3. The fraction of sp³-hybridized carbons (Fsp3) is 0.609. The Morgan fingerprint density at radius 3 is 2.46 bits per heavy atom. The smallest absolute Gasteiger partial charge is 0.341 e. The van der Waals surface area contributed by atoms with E-state index in [4.69, 9.17) is 30.9 Å². The minimum Gasteiger partial charge on any atom is -0.465 e. The molecule has 2 aliphatic rings. The monoisotopic (exact) mass is 598 g/mol. The van der Waals surface area contributed by atoms with Crippen LogP contribution in [0.15, 0.2) is 6.33 Å². The van der Waals surface area contributed by atoms with Crippen molar-refractivity contribution in [2.24, 2.45) is 0 Å². The Kier molecular flexibility index (Phi) is 9.42. The maximum Gasteiger partial charge on any atom is 0.341 e. The predicted molar refractivity (Wildman–Crippen MR) is 142 cm³/mol. The van der Waals surface area contributed by atoms with E-state index in [9.17, 15) is 19.3 Å². The first kappa shape index (κ1) is 30.6. The Labute approximate surface area is 234 Å². The van der Waals surface area contributed by atoms with Gasteiger partial charge in [-0.1, -0.05) is 5.92 Å². The SMILES string of the molecule is C#CC1(F)C(O)C(COP(=O)(NCC(=O)OCC)NCC(=O)OCC)OC1n1cnc2c(NC3CC3)nc(N)nc21. The highest BCUT2D eigenvalue weighted by atomic mass is 31.2. The Morgan fingerprint density at radius 1 is 1.27 bits per heavy atom. The van der Waals surface area contributed by atoms with Crippen LogP contribution in [0.5, 0.6) is 0 Å². The molecule has 0 aromatic carbocycles. The number of nitrogens with two attached hydrogens (primary N) is 1. The normalized spacial score (nSPS) is 24.2. The van der Waals surface area contributed by atoms with Gasteiger partial charge >= 0.3 is 19.6 Å². The number of nitrogens with zero attached hydrogens (tertiary/aromatic N) is 4. The molecule has 2 aromatic rings. The van der Waals surface area contributed by atoms with Gasteiger partial charge in [0.25, 0.3) is 0 Å². The molecular formula is C23H32FN8O8P. The first-order chi connectivity index (χ1) is 19.5. The molecule has 4 unspecified atom stereocenters. The number of rotatable bonds is 14. The average Bonchev–Trinajstić information content (AvgIpc) is 3.60. The van der Waals surface area contributed by atoms with Crippen LogP contribution in [0.25, 0.3) is 11.2 Å². The van der Waals surface area contributed by atoms with Crippen molar-refractivity contribution in [3.63, 3.8) is 0 Å². The Hall–Kier alpha value is -3.39. The van der Waals surface area contributed by atoms with Crippen molar-refractivity contribution in [3.8, 4) is 12.3 Å². The molecule has 2 fully saturated rings. The van der Waals surface area contributed by atoms with Crippen molar-refractivity contribution in [1.29, 1.82) is 0 Å². The van der Waals surface area contributed by atoms with Gasteiger partial charge in [-0.2, -0.15) is 9.97 Å². The zero-order valence-corrected chi connectivity index (χ0v) is 23.3. The van der Waals surface area contributed by atoms with Gasteiger partial charge in [0.2, 0.25) is 11.6 Å². The third-order valence-corrected chi connectivity index (χ3v) is 7.83. The number of carbonyl (C=O) groups excluding carboxylic acids is 2. The molecule has 18 heteroatoms. The van der Waals surface area contributed by atoms with Gasteiger partial charge in [0, 0.05) is 6.04 Å². The van der Waals surface area contributed by atoms with Crippen molar-refractivity contribution < 1.29 is 42.4 Å². The van der Waals surface area contributed by atoms with Gasteiger partial charge in [-0.05, 0) is 26.7 Å². The van der Waals surface area contributed by atoms with Crippen LogP contribution in [0.1, 0.15) is 32.9 Å². The highest BCUT2D eigenvalue weighted by Gasteiger charge is 2.58. The summed E-state index contributed by atoms with van der Waals surface area (Å²) in [4.78, 5) is 36.2. The molecule has 0 amide bonds. The van der Waals surface area contributed by atoms with Gasteiger partial charge in [0.1, 0.15) is 25.3 Å². The number of anilines is 2. The number of imidazole rings is 1. The Bertz CT molecular complexity index is 1340. The van der Waals surface area contributed by atoms with Crippen molar-refractivity contribution in [1.82, 2.24) is 29.7 Å². The molecule has 224 valence electrons. The number of aliphatic hydroxyl groups is 1. The first-order valence-electron chi connectivity index (χ1n) is 12.9. The number of nitrogens with one attached hydrogen (secondary N) is 3. The van der Waals surface area contributed by atoms with Crippen LogP contribution in [0.3, 0.4) is 0 Å². The fourth-order valence-electron chi connectivity index (χ4n) is 4.02. The van der Waals surface area contributed by atoms with Gasteiger partial charge in [-0.3, -0.25) is 18.7 Å². The summed E-state index contributed by atoms with van der Waals surface area (Å²) >= 11 is 0. The number of terminal acetylenes is 1. The molecule has 3 heterocycles. The highest BCUT2D eigenvalue weighted by Crippen LogP contribution is 2.45. The van der Waals surface area contributed by atoms with Gasteiger partial charge < -0.3 is 34.9 Å². The van der Waals surface area contributed by atoms with E-state index >= 15 is 4.39 Å². The summed E-state index contributed by atoms with van der Waals surface area (Å²) in [6.07, 6.45) is 3.59. The molecule has 4 atom stereocenters. The van der Waals surface area contributed by atoms with E-state index in [0.29, 0.717) is 11.3 Å². The van der Waals surface area contributed by atoms with Crippen molar-refractivity contribution in [2.75, 3.05) is 44.0 Å². The molecule has 1 aliphatic carbocycles. The summed E-state index contributed by atoms with van der Waals surface area (Å²) in [5.74, 6) is 0.707. The van der Waals surface area contributed by atoms with E-state index in [2.05, 4.69) is 30.4 Å². The van der Waals surface area contributed by atoms with Gasteiger partial charge in [0.15, 0.2) is 23.2 Å². The van der Waals surface area contributed by atoms with Gasteiger partial charge in [-0.15, -0.1) is 6.42 Å². The summed E-state index contributed by atoms with van der Waals surface area (Å²) in [7, 11) is -4.17. The van der Waals surface area contributed by atoms with E-state index in [1.807, 2.05) is 5.92 Å².